The molecular weight excluding hydrogens is 154 g/mol. The Balaban J connectivity index is 2.38. The summed E-state index contributed by atoms with van der Waals surface area (Å²) in [4.78, 5) is 10.3. The molecule has 1 aliphatic carbocycles. The third-order valence-electron chi connectivity index (χ3n) is 2.10. The molecule has 0 amide bonds. The average molecular weight is 169 g/mol. The summed E-state index contributed by atoms with van der Waals surface area (Å²) in [5.41, 5.74) is 0.884. The molecule has 68 valence electrons. The molecule has 0 saturated heterocycles. The second-order valence-corrected chi connectivity index (χ2v) is 3.39. The molecule has 0 bridgehead atoms. The maximum atomic E-state index is 10.3. The van der Waals surface area contributed by atoms with Gasteiger partial charge in [0.05, 0.1) is 0 Å². The lowest BCUT2D eigenvalue weighted by atomic mass is 10.1. The minimum Gasteiger partial charge on any atom is -0.478 e. The molecule has 1 rings (SSSR count). The topological polar surface area (TPSA) is 49.3 Å². The van der Waals surface area contributed by atoms with Gasteiger partial charge in [-0.3, -0.25) is 0 Å². The van der Waals surface area contributed by atoms with Gasteiger partial charge in [-0.15, -0.1) is 0 Å². The Morgan fingerprint density at radius 3 is 2.67 bits per heavy atom. The van der Waals surface area contributed by atoms with Crippen molar-refractivity contribution in [2.24, 2.45) is 0 Å². The van der Waals surface area contributed by atoms with Gasteiger partial charge >= 0.3 is 5.97 Å². The van der Waals surface area contributed by atoms with Gasteiger partial charge in [0.2, 0.25) is 0 Å². The van der Waals surface area contributed by atoms with E-state index in [2.05, 4.69) is 5.32 Å². The Hall–Kier alpha value is -0.830. The number of hydrogen-bond acceptors (Lipinski definition) is 2. The largest absolute Gasteiger partial charge is 0.478 e. The molecule has 0 spiro atoms. The van der Waals surface area contributed by atoms with Crippen LogP contribution in [0.4, 0.5) is 0 Å². The predicted octanol–water partition coefficient (Wildman–Crippen LogP) is 1.16. The quantitative estimate of drug-likeness (QED) is 0.621. The van der Waals surface area contributed by atoms with Gasteiger partial charge in [0.1, 0.15) is 0 Å². The molecule has 0 aliphatic heterocycles. The highest BCUT2D eigenvalue weighted by molar-refractivity contribution is 5.80. The molecule has 1 unspecified atom stereocenters. The van der Waals surface area contributed by atoms with Crippen molar-refractivity contribution >= 4 is 5.97 Å². The summed E-state index contributed by atoms with van der Waals surface area (Å²) in [5.74, 6) is -0.864. The molecule has 1 aliphatic rings. The lowest BCUT2D eigenvalue weighted by Gasteiger charge is -2.12. The van der Waals surface area contributed by atoms with Crippen LogP contribution in [0.5, 0.6) is 0 Å². The first kappa shape index (κ1) is 9.26. The summed E-state index contributed by atoms with van der Waals surface area (Å²) in [5, 5.41) is 11.8. The van der Waals surface area contributed by atoms with Crippen molar-refractivity contribution in [1.82, 2.24) is 5.32 Å². The molecule has 3 heteroatoms. The van der Waals surface area contributed by atoms with Crippen LogP contribution >= 0.6 is 0 Å². The van der Waals surface area contributed by atoms with Crippen LogP contribution in [0.2, 0.25) is 0 Å². The molecule has 3 nitrogen and oxygen atoms in total. The van der Waals surface area contributed by atoms with Gasteiger partial charge in [0, 0.05) is 18.2 Å². The van der Waals surface area contributed by atoms with E-state index in [-0.39, 0.29) is 6.04 Å². The summed E-state index contributed by atoms with van der Waals surface area (Å²) in [6, 6.07) is 0.811. The SMILES string of the molecule is C/C(=C/C(=O)O)C(C)NC1CC1. The lowest BCUT2D eigenvalue weighted by Crippen LogP contribution is -2.29. The third kappa shape index (κ3) is 3.05. The molecule has 0 aromatic rings. The Labute approximate surface area is 72.5 Å². The van der Waals surface area contributed by atoms with Gasteiger partial charge in [-0.2, -0.15) is 0 Å². The zero-order chi connectivity index (χ0) is 9.14. The molecule has 0 aromatic carbocycles. The van der Waals surface area contributed by atoms with Crippen LogP contribution in [-0.2, 0) is 4.79 Å². The Kier molecular flexibility index (Phi) is 2.87. The van der Waals surface area contributed by atoms with Crippen molar-refractivity contribution in [2.45, 2.75) is 38.8 Å². The molecule has 1 fully saturated rings. The van der Waals surface area contributed by atoms with Crippen molar-refractivity contribution in [3.05, 3.63) is 11.6 Å². The van der Waals surface area contributed by atoms with Crippen LogP contribution in [-0.4, -0.2) is 23.2 Å². The van der Waals surface area contributed by atoms with Gasteiger partial charge in [-0.05, 0) is 32.3 Å². The van der Waals surface area contributed by atoms with E-state index in [9.17, 15) is 4.79 Å². The number of hydrogen-bond donors (Lipinski definition) is 2. The molecule has 0 heterocycles. The second kappa shape index (κ2) is 3.72. The zero-order valence-electron chi connectivity index (χ0n) is 7.50. The van der Waals surface area contributed by atoms with Crippen molar-refractivity contribution in [1.29, 1.82) is 0 Å². The van der Waals surface area contributed by atoms with E-state index in [4.69, 9.17) is 5.11 Å². The normalized spacial score (nSPS) is 20.7. The predicted molar refractivity (Wildman–Crippen MR) is 47.0 cm³/mol. The van der Waals surface area contributed by atoms with Crippen molar-refractivity contribution in [3.63, 3.8) is 0 Å². The van der Waals surface area contributed by atoms with E-state index in [1.165, 1.54) is 18.9 Å². The van der Waals surface area contributed by atoms with Gasteiger partial charge in [-0.25, -0.2) is 4.79 Å². The molecule has 2 N–H and O–H groups in total. The van der Waals surface area contributed by atoms with E-state index >= 15 is 0 Å². The molecular formula is C9H15NO2. The summed E-state index contributed by atoms with van der Waals surface area (Å²) < 4.78 is 0. The van der Waals surface area contributed by atoms with Gasteiger partial charge in [-0.1, -0.05) is 0 Å². The van der Waals surface area contributed by atoms with Crippen molar-refractivity contribution < 1.29 is 9.90 Å². The first-order valence-corrected chi connectivity index (χ1v) is 4.26. The highest BCUT2D eigenvalue weighted by Crippen LogP contribution is 2.20. The van der Waals surface area contributed by atoms with Gasteiger partial charge in [0.15, 0.2) is 0 Å². The minimum atomic E-state index is -0.864. The summed E-state index contributed by atoms with van der Waals surface area (Å²) in [6.45, 7) is 3.83. The van der Waals surface area contributed by atoms with Crippen LogP contribution in [0.1, 0.15) is 26.7 Å². The number of carbonyl (C=O) groups is 1. The van der Waals surface area contributed by atoms with E-state index in [0.717, 1.165) is 5.57 Å². The molecule has 0 radical (unpaired) electrons. The molecule has 12 heavy (non-hydrogen) atoms. The fourth-order valence-electron chi connectivity index (χ4n) is 1.05. The van der Waals surface area contributed by atoms with Crippen LogP contribution < -0.4 is 5.32 Å². The van der Waals surface area contributed by atoms with Crippen LogP contribution in [0.15, 0.2) is 11.6 Å². The van der Waals surface area contributed by atoms with Crippen LogP contribution in [0.25, 0.3) is 0 Å². The Morgan fingerprint density at radius 2 is 2.25 bits per heavy atom. The van der Waals surface area contributed by atoms with Gasteiger partial charge in [0.25, 0.3) is 0 Å². The minimum absolute atomic E-state index is 0.189. The summed E-state index contributed by atoms with van der Waals surface area (Å²) >= 11 is 0. The Bertz CT molecular complexity index is 207. The number of rotatable bonds is 4. The number of carboxylic acid groups (broad SMARTS) is 1. The summed E-state index contributed by atoms with van der Waals surface area (Å²) in [6.07, 6.45) is 3.72. The van der Waals surface area contributed by atoms with E-state index in [0.29, 0.717) is 6.04 Å². The monoisotopic (exact) mass is 169 g/mol. The van der Waals surface area contributed by atoms with Crippen molar-refractivity contribution in [3.8, 4) is 0 Å². The van der Waals surface area contributed by atoms with Crippen LogP contribution in [0.3, 0.4) is 0 Å². The van der Waals surface area contributed by atoms with Crippen molar-refractivity contribution in [2.75, 3.05) is 0 Å². The first-order valence-electron chi connectivity index (χ1n) is 4.26. The van der Waals surface area contributed by atoms with E-state index in [1.807, 2.05) is 13.8 Å². The first-order chi connectivity index (χ1) is 5.59. The maximum absolute atomic E-state index is 10.3. The Morgan fingerprint density at radius 1 is 1.67 bits per heavy atom. The zero-order valence-corrected chi connectivity index (χ0v) is 7.50. The lowest BCUT2D eigenvalue weighted by molar-refractivity contribution is -0.131. The summed E-state index contributed by atoms with van der Waals surface area (Å²) in [7, 11) is 0. The molecule has 1 saturated carbocycles. The maximum Gasteiger partial charge on any atom is 0.328 e. The van der Waals surface area contributed by atoms with Crippen LogP contribution in [0, 0.1) is 0 Å². The highest BCUT2D eigenvalue weighted by atomic mass is 16.4. The fraction of sp³-hybridized carbons (Fsp3) is 0.667. The second-order valence-electron chi connectivity index (χ2n) is 3.39. The average Bonchev–Trinajstić information content (AvgIpc) is 2.70. The highest BCUT2D eigenvalue weighted by Gasteiger charge is 2.23. The number of carboxylic acids is 1. The number of aliphatic carboxylic acids is 1. The number of nitrogens with one attached hydrogen (secondary N) is 1. The van der Waals surface area contributed by atoms with E-state index < -0.39 is 5.97 Å². The third-order valence-corrected chi connectivity index (χ3v) is 2.10. The van der Waals surface area contributed by atoms with E-state index in [1.54, 1.807) is 0 Å². The smallest absolute Gasteiger partial charge is 0.328 e. The molecule has 0 aromatic heterocycles. The fourth-order valence-corrected chi connectivity index (χ4v) is 1.05. The standard InChI is InChI=1S/C9H15NO2/c1-6(5-9(11)12)7(2)10-8-3-4-8/h5,7-8,10H,3-4H2,1-2H3,(H,11,12)/b6-5-. The molecule has 1 atom stereocenters. The van der Waals surface area contributed by atoms with Gasteiger partial charge < -0.3 is 10.4 Å².